The van der Waals surface area contributed by atoms with Gasteiger partial charge in [0, 0.05) is 11.0 Å². The second kappa shape index (κ2) is 5.90. The summed E-state index contributed by atoms with van der Waals surface area (Å²) in [4.78, 5) is 11.5. The van der Waals surface area contributed by atoms with Gasteiger partial charge in [-0.15, -0.1) is 0 Å². The Labute approximate surface area is 130 Å². The summed E-state index contributed by atoms with van der Waals surface area (Å²) in [5.41, 5.74) is 5.16. The van der Waals surface area contributed by atoms with E-state index in [2.05, 4.69) is 20.7 Å². The summed E-state index contributed by atoms with van der Waals surface area (Å²) in [6.07, 6.45) is 0.938. The van der Waals surface area contributed by atoms with Crippen LogP contribution in [0, 0.1) is 5.82 Å². The molecule has 0 radical (unpaired) electrons. The van der Waals surface area contributed by atoms with E-state index >= 15 is 0 Å². The summed E-state index contributed by atoms with van der Waals surface area (Å²) in [5, 5.41) is 0. The number of hydrogen-bond acceptors (Lipinski definition) is 5. The number of methoxy groups -OCH3 is 1. The molecule has 9 heteroatoms. The number of esters is 1. The second-order valence-electron chi connectivity index (χ2n) is 4.60. The first-order chi connectivity index (χ1) is 9.78. The summed E-state index contributed by atoms with van der Waals surface area (Å²) in [6.45, 7) is 0.200. The Morgan fingerprint density at radius 3 is 2.81 bits per heavy atom. The molecule has 21 heavy (non-hydrogen) atoms. The molecule has 0 saturated carbocycles. The van der Waals surface area contributed by atoms with Crippen LogP contribution in [0.25, 0.3) is 0 Å². The molecule has 0 amide bonds. The Balaban J connectivity index is 2.47. The molecule has 1 unspecified atom stereocenters. The van der Waals surface area contributed by atoms with Gasteiger partial charge in [0.1, 0.15) is 11.9 Å². The Kier molecular flexibility index (Phi) is 4.54. The number of halogens is 2. The first-order valence-corrected chi connectivity index (χ1v) is 8.36. The van der Waals surface area contributed by atoms with E-state index in [-0.39, 0.29) is 21.6 Å². The average molecular weight is 381 g/mol. The number of anilines is 1. The Morgan fingerprint density at radius 2 is 2.19 bits per heavy atom. The number of rotatable bonds is 3. The molecule has 1 aromatic rings. The van der Waals surface area contributed by atoms with E-state index in [0.717, 1.165) is 16.4 Å². The lowest BCUT2D eigenvalue weighted by atomic mass is 10.2. The Bertz CT molecular complexity index is 680. The molecule has 0 spiro atoms. The number of ether oxygens (including phenoxy) is 1. The first kappa shape index (κ1) is 16.2. The second-order valence-corrected chi connectivity index (χ2v) is 7.31. The van der Waals surface area contributed by atoms with Crippen molar-refractivity contribution in [1.29, 1.82) is 0 Å². The van der Waals surface area contributed by atoms with Gasteiger partial charge in [-0.25, -0.2) is 12.8 Å². The van der Waals surface area contributed by atoms with Crippen LogP contribution in [0.4, 0.5) is 10.1 Å². The van der Waals surface area contributed by atoms with Crippen molar-refractivity contribution in [2.24, 2.45) is 0 Å². The summed E-state index contributed by atoms with van der Waals surface area (Å²) in [6, 6.07) is 1.17. The normalized spacial score (nSPS) is 19.7. The third-order valence-corrected chi connectivity index (χ3v) is 6.18. The van der Waals surface area contributed by atoms with Crippen molar-refractivity contribution in [2.45, 2.75) is 23.8 Å². The van der Waals surface area contributed by atoms with Gasteiger partial charge in [0.25, 0.3) is 0 Å². The number of benzene rings is 1. The molecule has 1 saturated heterocycles. The molecular weight excluding hydrogens is 367 g/mol. The van der Waals surface area contributed by atoms with Crippen LogP contribution >= 0.6 is 15.9 Å². The monoisotopic (exact) mass is 380 g/mol. The van der Waals surface area contributed by atoms with Gasteiger partial charge in [0.2, 0.25) is 10.0 Å². The van der Waals surface area contributed by atoms with E-state index in [9.17, 15) is 17.6 Å². The van der Waals surface area contributed by atoms with Gasteiger partial charge in [0.05, 0.1) is 17.7 Å². The number of carbonyl (C=O) groups excluding carboxylic acids is 1. The van der Waals surface area contributed by atoms with Crippen LogP contribution in [0.15, 0.2) is 21.5 Å². The molecule has 116 valence electrons. The molecule has 6 nitrogen and oxygen atoms in total. The molecule has 0 bridgehead atoms. The van der Waals surface area contributed by atoms with Crippen LogP contribution in [-0.2, 0) is 19.6 Å². The van der Waals surface area contributed by atoms with Crippen molar-refractivity contribution in [1.82, 2.24) is 4.31 Å². The summed E-state index contributed by atoms with van der Waals surface area (Å²) in [5.74, 6) is -1.32. The highest BCUT2D eigenvalue weighted by atomic mass is 79.9. The smallest absolute Gasteiger partial charge is 0.324 e. The molecule has 0 aliphatic carbocycles. The number of hydrogen-bond donors (Lipinski definition) is 1. The maximum atomic E-state index is 13.3. The van der Waals surface area contributed by atoms with Gasteiger partial charge in [-0.05, 0) is 40.9 Å². The van der Waals surface area contributed by atoms with E-state index in [1.165, 1.54) is 7.11 Å². The third-order valence-electron chi connectivity index (χ3n) is 3.31. The zero-order valence-electron chi connectivity index (χ0n) is 11.2. The SMILES string of the molecule is COC(=O)C1CCCN1S(=O)(=O)c1cc(N)c(F)cc1Br. The zero-order valence-corrected chi connectivity index (χ0v) is 13.6. The van der Waals surface area contributed by atoms with Crippen LogP contribution < -0.4 is 5.73 Å². The molecule has 0 aromatic heterocycles. The van der Waals surface area contributed by atoms with Gasteiger partial charge in [-0.2, -0.15) is 4.31 Å². The van der Waals surface area contributed by atoms with Crippen LogP contribution in [0.3, 0.4) is 0 Å². The van der Waals surface area contributed by atoms with Crippen LogP contribution in [0.1, 0.15) is 12.8 Å². The number of sulfonamides is 1. The third kappa shape index (κ3) is 2.90. The molecule has 2 N–H and O–H groups in total. The van der Waals surface area contributed by atoms with Crippen molar-refractivity contribution in [3.05, 3.63) is 22.4 Å². The van der Waals surface area contributed by atoms with Gasteiger partial charge in [-0.1, -0.05) is 0 Å². The molecule has 1 fully saturated rings. The highest BCUT2D eigenvalue weighted by molar-refractivity contribution is 9.10. The number of nitrogen functional groups attached to an aromatic ring is 1. The highest BCUT2D eigenvalue weighted by Gasteiger charge is 2.41. The van der Waals surface area contributed by atoms with Gasteiger partial charge < -0.3 is 10.5 Å². The Hall–Kier alpha value is -1.19. The van der Waals surface area contributed by atoms with E-state index in [4.69, 9.17) is 5.73 Å². The summed E-state index contributed by atoms with van der Waals surface area (Å²) in [7, 11) is -2.77. The van der Waals surface area contributed by atoms with E-state index < -0.39 is 27.9 Å². The molecule has 1 heterocycles. The summed E-state index contributed by atoms with van der Waals surface area (Å²) >= 11 is 3.02. The van der Waals surface area contributed by atoms with E-state index in [1.807, 2.05) is 0 Å². The predicted molar refractivity (Wildman–Crippen MR) is 77.4 cm³/mol. The number of carbonyl (C=O) groups is 1. The molecule has 1 aliphatic rings. The molecule has 1 aliphatic heterocycles. The zero-order chi connectivity index (χ0) is 15.8. The van der Waals surface area contributed by atoms with Crippen molar-refractivity contribution < 1.29 is 22.3 Å². The fourth-order valence-electron chi connectivity index (χ4n) is 2.27. The number of nitrogens with zero attached hydrogens (tertiary/aromatic N) is 1. The van der Waals surface area contributed by atoms with Crippen molar-refractivity contribution >= 4 is 37.6 Å². The maximum Gasteiger partial charge on any atom is 0.324 e. The fourth-order valence-corrected chi connectivity index (χ4v) is 4.93. The largest absolute Gasteiger partial charge is 0.468 e. The average Bonchev–Trinajstić information content (AvgIpc) is 2.91. The fraction of sp³-hybridized carbons (Fsp3) is 0.417. The van der Waals surface area contributed by atoms with E-state index in [1.54, 1.807) is 0 Å². The first-order valence-electron chi connectivity index (χ1n) is 6.13. The van der Waals surface area contributed by atoms with Crippen molar-refractivity contribution in [3.8, 4) is 0 Å². The lowest BCUT2D eigenvalue weighted by molar-refractivity contribution is -0.144. The van der Waals surface area contributed by atoms with Crippen LogP contribution in [0.2, 0.25) is 0 Å². The lowest BCUT2D eigenvalue weighted by Crippen LogP contribution is -2.41. The van der Waals surface area contributed by atoms with Crippen molar-refractivity contribution in [3.63, 3.8) is 0 Å². The molecular formula is C12H14BrFN2O4S. The van der Waals surface area contributed by atoms with Crippen LogP contribution in [-0.4, -0.2) is 38.4 Å². The topological polar surface area (TPSA) is 89.7 Å². The quantitative estimate of drug-likeness (QED) is 0.633. The van der Waals surface area contributed by atoms with Crippen LogP contribution in [0.5, 0.6) is 0 Å². The maximum absolute atomic E-state index is 13.3. The van der Waals surface area contributed by atoms with E-state index in [0.29, 0.717) is 12.8 Å². The highest BCUT2D eigenvalue weighted by Crippen LogP contribution is 2.33. The molecule has 2 rings (SSSR count). The molecule has 1 atom stereocenters. The minimum atomic E-state index is -3.97. The van der Waals surface area contributed by atoms with Gasteiger partial charge in [0.15, 0.2) is 0 Å². The van der Waals surface area contributed by atoms with Gasteiger partial charge >= 0.3 is 5.97 Å². The lowest BCUT2D eigenvalue weighted by Gasteiger charge is -2.22. The minimum absolute atomic E-state index is 0.0599. The van der Waals surface area contributed by atoms with Crippen molar-refractivity contribution in [2.75, 3.05) is 19.4 Å². The Morgan fingerprint density at radius 1 is 1.52 bits per heavy atom. The minimum Gasteiger partial charge on any atom is -0.468 e. The van der Waals surface area contributed by atoms with Gasteiger partial charge in [-0.3, -0.25) is 4.79 Å². The standard InChI is InChI=1S/C12H14BrFN2O4S/c1-20-12(17)10-3-2-4-16(10)21(18,19)11-6-9(15)8(14)5-7(11)13/h5-6,10H,2-4,15H2,1H3. The summed E-state index contributed by atoms with van der Waals surface area (Å²) < 4.78 is 44.4. The predicted octanol–water partition coefficient (Wildman–Crippen LogP) is 1.50. The molecule has 1 aromatic carbocycles. The number of nitrogens with two attached hydrogens (primary N) is 1.